The van der Waals surface area contributed by atoms with Crippen LogP contribution in [-0.4, -0.2) is 59.3 Å². The molecule has 0 aromatic carbocycles. The van der Waals surface area contributed by atoms with E-state index in [1.807, 2.05) is 6.92 Å². The highest BCUT2D eigenvalue weighted by atomic mass is 16.5. The number of amides is 1. The fourth-order valence-corrected chi connectivity index (χ4v) is 2.29. The van der Waals surface area contributed by atoms with E-state index in [4.69, 9.17) is 4.74 Å². The Morgan fingerprint density at radius 1 is 1.62 bits per heavy atom. The number of nitrogens with one attached hydrogen (secondary N) is 1. The summed E-state index contributed by atoms with van der Waals surface area (Å²) in [6.45, 7) is 5.64. The van der Waals surface area contributed by atoms with Crippen LogP contribution >= 0.6 is 0 Å². The SMILES string of the molecule is CCCNc1cc(C(=O)N2CC(CO)OCC2C)ccn1. The average Bonchev–Trinajstić information content (AvgIpc) is 2.53. The first-order valence-corrected chi connectivity index (χ1v) is 7.39. The van der Waals surface area contributed by atoms with Crippen molar-refractivity contribution in [2.45, 2.75) is 32.4 Å². The first-order valence-electron chi connectivity index (χ1n) is 7.39. The van der Waals surface area contributed by atoms with Gasteiger partial charge >= 0.3 is 0 Å². The third-order valence-corrected chi connectivity index (χ3v) is 3.53. The number of aliphatic hydroxyl groups excluding tert-OH is 1. The molecule has 2 heterocycles. The van der Waals surface area contributed by atoms with Crippen molar-refractivity contribution < 1.29 is 14.6 Å². The molecule has 0 bridgehead atoms. The van der Waals surface area contributed by atoms with Gasteiger partial charge in [-0.1, -0.05) is 6.92 Å². The summed E-state index contributed by atoms with van der Waals surface area (Å²) in [5.74, 6) is 0.661. The van der Waals surface area contributed by atoms with Crippen LogP contribution in [0, 0.1) is 0 Å². The number of anilines is 1. The van der Waals surface area contributed by atoms with Gasteiger partial charge in [-0.2, -0.15) is 0 Å². The van der Waals surface area contributed by atoms with Gasteiger partial charge < -0.3 is 20.1 Å². The van der Waals surface area contributed by atoms with Gasteiger partial charge in [-0.3, -0.25) is 4.79 Å². The molecule has 0 aliphatic carbocycles. The highest BCUT2D eigenvalue weighted by molar-refractivity contribution is 5.95. The van der Waals surface area contributed by atoms with Gasteiger partial charge in [-0.25, -0.2) is 4.98 Å². The van der Waals surface area contributed by atoms with Crippen LogP contribution in [0.4, 0.5) is 5.82 Å². The second kappa shape index (κ2) is 7.38. The summed E-state index contributed by atoms with van der Waals surface area (Å²) in [6.07, 6.45) is 2.34. The predicted octanol–water partition coefficient (Wildman–Crippen LogP) is 1.13. The maximum Gasteiger partial charge on any atom is 0.254 e. The first-order chi connectivity index (χ1) is 10.2. The molecule has 6 heteroatoms. The van der Waals surface area contributed by atoms with E-state index in [0.29, 0.717) is 24.5 Å². The fraction of sp³-hybridized carbons (Fsp3) is 0.600. The lowest BCUT2D eigenvalue weighted by atomic mass is 10.1. The molecule has 116 valence electrons. The molecule has 2 unspecified atom stereocenters. The molecule has 2 N–H and O–H groups in total. The Kier molecular flexibility index (Phi) is 5.52. The number of aromatic nitrogens is 1. The smallest absolute Gasteiger partial charge is 0.254 e. The second-order valence-electron chi connectivity index (χ2n) is 5.30. The van der Waals surface area contributed by atoms with E-state index >= 15 is 0 Å². The van der Waals surface area contributed by atoms with Crippen molar-refractivity contribution in [1.82, 2.24) is 9.88 Å². The van der Waals surface area contributed by atoms with Crippen molar-refractivity contribution in [3.63, 3.8) is 0 Å². The fourth-order valence-electron chi connectivity index (χ4n) is 2.29. The van der Waals surface area contributed by atoms with Crippen molar-refractivity contribution in [2.75, 3.05) is 31.6 Å². The van der Waals surface area contributed by atoms with Crippen molar-refractivity contribution in [1.29, 1.82) is 0 Å². The summed E-state index contributed by atoms with van der Waals surface area (Å²) in [4.78, 5) is 18.6. The monoisotopic (exact) mass is 293 g/mol. The van der Waals surface area contributed by atoms with E-state index in [-0.39, 0.29) is 24.7 Å². The molecule has 0 spiro atoms. The third kappa shape index (κ3) is 3.92. The molecule has 1 aromatic heterocycles. The summed E-state index contributed by atoms with van der Waals surface area (Å²) >= 11 is 0. The van der Waals surface area contributed by atoms with Gasteiger partial charge in [0.1, 0.15) is 5.82 Å². The Morgan fingerprint density at radius 3 is 3.14 bits per heavy atom. The van der Waals surface area contributed by atoms with Crippen LogP contribution in [0.25, 0.3) is 0 Å². The zero-order valence-corrected chi connectivity index (χ0v) is 12.6. The molecule has 1 saturated heterocycles. The van der Waals surface area contributed by atoms with Gasteiger partial charge in [-0.05, 0) is 25.5 Å². The van der Waals surface area contributed by atoms with Gasteiger partial charge in [-0.15, -0.1) is 0 Å². The predicted molar refractivity (Wildman–Crippen MR) is 80.3 cm³/mol. The summed E-state index contributed by atoms with van der Waals surface area (Å²) in [6, 6.07) is 3.49. The zero-order valence-electron chi connectivity index (χ0n) is 12.6. The Balaban J connectivity index is 2.11. The molecular weight excluding hydrogens is 270 g/mol. The number of rotatable bonds is 5. The minimum atomic E-state index is -0.301. The van der Waals surface area contributed by atoms with Gasteiger partial charge in [0, 0.05) is 24.8 Å². The molecule has 2 rings (SSSR count). The molecule has 1 aliphatic heterocycles. The van der Waals surface area contributed by atoms with Crippen LogP contribution in [0.2, 0.25) is 0 Å². The highest BCUT2D eigenvalue weighted by Crippen LogP contribution is 2.17. The molecule has 1 amide bonds. The van der Waals surface area contributed by atoms with Crippen molar-refractivity contribution in [3.05, 3.63) is 23.9 Å². The van der Waals surface area contributed by atoms with Crippen LogP contribution < -0.4 is 5.32 Å². The lowest BCUT2D eigenvalue weighted by Crippen LogP contribution is -2.52. The van der Waals surface area contributed by atoms with Crippen LogP contribution in [0.3, 0.4) is 0 Å². The minimum absolute atomic E-state index is 0.000478. The van der Waals surface area contributed by atoms with E-state index in [1.54, 1.807) is 23.2 Å². The van der Waals surface area contributed by atoms with E-state index in [9.17, 15) is 9.90 Å². The quantitative estimate of drug-likeness (QED) is 0.851. The number of hydrogen-bond donors (Lipinski definition) is 2. The molecule has 6 nitrogen and oxygen atoms in total. The molecule has 1 fully saturated rings. The molecule has 1 aromatic rings. The number of ether oxygens (including phenoxy) is 1. The number of hydrogen-bond acceptors (Lipinski definition) is 5. The lowest BCUT2D eigenvalue weighted by Gasteiger charge is -2.37. The Hall–Kier alpha value is -1.66. The minimum Gasteiger partial charge on any atom is -0.394 e. The summed E-state index contributed by atoms with van der Waals surface area (Å²) < 4.78 is 5.46. The average molecular weight is 293 g/mol. The lowest BCUT2D eigenvalue weighted by molar-refractivity contribution is -0.0667. The number of carbonyl (C=O) groups excluding carboxylic acids is 1. The van der Waals surface area contributed by atoms with Crippen LogP contribution in [0.1, 0.15) is 30.6 Å². The van der Waals surface area contributed by atoms with Gasteiger partial charge in [0.2, 0.25) is 0 Å². The molecule has 2 atom stereocenters. The number of aliphatic hydroxyl groups is 1. The second-order valence-corrected chi connectivity index (χ2v) is 5.30. The van der Waals surface area contributed by atoms with Gasteiger partial charge in [0.15, 0.2) is 0 Å². The normalized spacial score (nSPS) is 22.1. The maximum atomic E-state index is 12.6. The van der Waals surface area contributed by atoms with Gasteiger partial charge in [0.05, 0.1) is 25.4 Å². The maximum absolute atomic E-state index is 12.6. The molecule has 0 saturated carbocycles. The molecular formula is C15H23N3O3. The Labute approximate surface area is 125 Å². The number of morpholine rings is 1. The number of carbonyl (C=O) groups is 1. The number of pyridine rings is 1. The van der Waals surface area contributed by atoms with Crippen molar-refractivity contribution in [3.8, 4) is 0 Å². The molecule has 0 radical (unpaired) electrons. The Morgan fingerprint density at radius 2 is 2.43 bits per heavy atom. The topological polar surface area (TPSA) is 74.7 Å². The molecule has 21 heavy (non-hydrogen) atoms. The van der Waals surface area contributed by atoms with E-state index in [0.717, 1.165) is 13.0 Å². The molecule has 1 aliphatic rings. The zero-order chi connectivity index (χ0) is 15.2. The van der Waals surface area contributed by atoms with Crippen LogP contribution in [0.15, 0.2) is 18.3 Å². The van der Waals surface area contributed by atoms with E-state index < -0.39 is 0 Å². The van der Waals surface area contributed by atoms with E-state index in [1.165, 1.54) is 0 Å². The first kappa shape index (κ1) is 15.7. The van der Waals surface area contributed by atoms with Crippen molar-refractivity contribution in [2.24, 2.45) is 0 Å². The highest BCUT2D eigenvalue weighted by Gasteiger charge is 2.30. The third-order valence-electron chi connectivity index (χ3n) is 3.53. The van der Waals surface area contributed by atoms with Crippen LogP contribution in [-0.2, 0) is 4.74 Å². The number of nitrogens with zero attached hydrogens (tertiary/aromatic N) is 2. The summed E-state index contributed by atoms with van der Waals surface area (Å²) in [5.41, 5.74) is 0.606. The summed E-state index contributed by atoms with van der Waals surface area (Å²) in [5, 5.41) is 12.4. The van der Waals surface area contributed by atoms with Crippen LogP contribution in [0.5, 0.6) is 0 Å². The standard InChI is InChI=1S/C15H23N3O3/c1-3-5-16-14-7-12(4-6-17-14)15(20)18-8-13(9-19)21-10-11(18)2/h4,6-7,11,13,19H,3,5,8-10H2,1-2H3,(H,16,17). The summed E-state index contributed by atoms with van der Waals surface area (Å²) in [7, 11) is 0. The van der Waals surface area contributed by atoms with Crippen molar-refractivity contribution >= 4 is 11.7 Å². The largest absolute Gasteiger partial charge is 0.394 e. The van der Waals surface area contributed by atoms with E-state index in [2.05, 4.69) is 17.2 Å². The Bertz CT molecular complexity index is 481. The van der Waals surface area contributed by atoms with Gasteiger partial charge in [0.25, 0.3) is 5.91 Å².